The van der Waals surface area contributed by atoms with E-state index in [1.165, 1.54) is 25.7 Å². The molecule has 90 valence electrons. The second kappa shape index (κ2) is 5.43. The topological polar surface area (TPSA) is 42.7 Å². The summed E-state index contributed by atoms with van der Waals surface area (Å²) in [5.74, 6) is 1.81. The third-order valence-electron chi connectivity index (χ3n) is 3.41. The van der Waals surface area contributed by atoms with Gasteiger partial charge >= 0.3 is 0 Å². The van der Waals surface area contributed by atoms with Crippen molar-refractivity contribution in [2.45, 2.75) is 58.7 Å². The molecule has 1 aromatic heterocycles. The van der Waals surface area contributed by atoms with Gasteiger partial charge in [-0.3, -0.25) is 0 Å². The lowest BCUT2D eigenvalue weighted by Gasteiger charge is -2.13. The predicted molar refractivity (Wildman–Crippen MR) is 64.0 cm³/mol. The van der Waals surface area contributed by atoms with Crippen molar-refractivity contribution >= 4 is 0 Å². The van der Waals surface area contributed by atoms with E-state index in [0.717, 1.165) is 30.9 Å². The van der Waals surface area contributed by atoms with E-state index in [9.17, 15) is 0 Å². The molecule has 16 heavy (non-hydrogen) atoms. The van der Waals surface area contributed by atoms with E-state index in [0.29, 0.717) is 0 Å². The molecule has 0 atom stereocenters. The monoisotopic (exact) mass is 222 g/mol. The van der Waals surface area contributed by atoms with Crippen molar-refractivity contribution in [2.75, 3.05) is 0 Å². The highest BCUT2D eigenvalue weighted by molar-refractivity contribution is 4.89. The Morgan fingerprint density at radius 2 is 2.19 bits per heavy atom. The van der Waals surface area contributed by atoms with Crippen molar-refractivity contribution in [3.8, 4) is 0 Å². The van der Waals surface area contributed by atoms with Crippen molar-refractivity contribution in [3.63, 3.8) is 0 Å². The molecular weight excluding hydrogens is 200 g/mol. The smallest absolute Gasteiger partial charge is 0.140 e. The molecule has 0 bridgehead atoms. The van der Waals surface area contributed by atoms with Gasteiger partial charge in [-0.2, -0.15) is 5.10 Å². The maximum atomic E-state index is 4.33. The maximum Gasteiger partial charge on any atom is 0.140 e. The first kappa shape index (κ1) is 11.6. The standard InChI is InChI=1S/C12H22N4/c1-3-10(4-2)8-16-12(14-9-15-16)7-13-11-5-6-11/h9-11,13H,3-8H2,1-2H3. The molecule has 1 heterocycles. The zero-order valence-electron chi connectivity index (χ0n) is 10.3. The SMILES string of the molecule is CCC(CC)Cn1ncnc1CNC1CC1. The van der Waals surface area contributed by atoms with E-state index in [1.54, 1.807) is 6.33 Å². The maximum absolute atomic E-state index is 4.33. The fourth-order valence-electron chi connectivity index (χ4n) is 1.89. The Hall–Kier alpha value is -0.900. The Morgan fingerprint density at radius 1 is 1.44 bits per heavy atom. The Morgan fingerprint density at radius 3 is 2.81 bits per heavy atom. The van der Waals surface area contributed by atoms with Crippen LogP contribution in [0.1, 0.15) is 45.4 Å². The van der Waals surface area contributed by atoms with Gasteiger partial charge in [0.2, 0.25) is 0 Å². The first-order chi connectivity index (χ1) is 7.83. The Bertz CT molecular complexity index is 313. The molecule has 1 aromatic rings. The molecule has 1 aliphatic carbocycles. The van der Waals surface area contributed by atoms with E-state index in [4.69, 9.17) is 0 Å². The van der Waals surface area contributed by atoms with Gasteiger partial charge in [-0.05, 0) is 18.8 Å². The number of aromatic nitrogens is 3. The van der Waals surface area contributed by atoms with Gasteiger partial charge in [0.15, 0.2) is 0 Å². The molecule has 0 amide bonds. The lowest BCUT2D eigenvalue weighted by molar-refractivity contribution is 0.383. The predicted octanol–water partition coefficient (Wildman–Crippen LogP) is 1.97. The molecule has 0 aliphatic heterocycles. The van der Waals surface area contributed by atoms with Crippen molar-refractivity contribution in [1.82, 2.24) is 20.1 Å². The second-order valence-corrected chi connectivity index (χ2v) is 4.70. The van der Waals surface area contributed by atoms with Crippen molar-refractivity contribution in [3.05, 3.63) is 12.2 Å². The van der Waals surface area contributed by atoms with Gasteiger partial charge in [-0.15, -0.1) is 0 Å². The summed E-state index contributed by atoms with van der Waals surface area (Å²) < 4.78 is 2.06. The van der Waals surface area contributed by atoms with Gasteiger partial charge in [0.25, 0.3) is 0 Å². The third-order valence-corrected chi connectivity index (χ3v) is 3.41. The average molecular weight is 222 g/mol. The molecule has 2 rings (SSSR count). The van der Waals surface area contributed by atoms with Crippen LogP contribution >= 0.6 is 0 Å². The summed E-state index contributed by atoms with van der Waals surface area (Å²) in [7, 11) is 0. The molecule has 1 saturated carbocycles. The summed E-state index contributed by atoms with van der Waals surface area (Å²) in [4.78, 5) is 4.33. The summed E-state index contributed by atoms with van der Waals surface area (Å²) in [6.07, 6.45) is 6.74. The third kappa shape index (κ3) is 3.04. The first-order valence-corrected chi connectivity index (χ1v) is 6.43. The van der Waals surface area contributed by atoms with Crippen LogP contribution in [0.5, 0.6) is 0 Å². The number of nitrogens with zero attached hydrogens (tertiary/aromatic N) is 3. The van der Waals surface area contributed by atoms with Gasteiger partial charge in [-0.25, -0.2) is 9.67 Å². The molecule has 4 nitrogen and oxygen atoms in total. The molecule has 0 radical (unpaired) electrons. The minimum Gasteiger partial charge on any atom is -0.307 e. The van der Waals surface area contributed by atoms with Crippen LogP contribution in [0.2, 0.25) is 0 Å². The lowest BCUT2D eigenvalue weighted by Crippen LogP contribution is -2.21. The number of rotatable bonds is 7. The molecule has 1 aliphatic rings. The van der Waals surface area contributed by atoms with Crippen molar-refractivity contribution in [1.29, 1.82) is 0 Å². The molecule has 1 N–H and O–H groups in total. The first-order valence-electron chi connectivity index (χ1n) is 6.43. The molecule has 0 spiro atoms. The summed E-state index contributed by atoms with van der Waals surface area (Å²) in [6.45, 7) is 6.36. The van der Waals surface area contributed by atoms with Gasteiger partial charge in [-0.1, -0.05) is 26.7 Å². The number of hydrogen-bond donors (Lipinski definition) is 1. The zero-order chi connectivity index (χ0) is 11.4. The van der Waals surface area contributed by atoms with Gasteiger partial charge in [0.05, 0.1) is 6.54 Å². The fraction of sp³-hybridized carbons (Fsp3) is 0.833. The Labute approximate surface area is 97.5 Å². The molecule has 4 heteroatoms. The van der Waals surface area contributed by atoms with Gasteiger partial charge in [0, 0.05) is 12.6 Å². The van der Waals surface area contributed by atoms with E-state index < -0.39 is 0 Å². The lowest BCUT2D eigenvalue weighted by atomic mass is 10.0. The van der Waals surface area contributed by atoms with E-state index in [2.05, 4.69) is 33.9 Å². The minimum absolute atomic E-state index is 0.723. The minimum atomic E-state index is 0.723. The molecule has 0 unspecified atom stereocenters. The summed E-state index contributed by atoms with van der Waals surface area (Å²) in [6, 6.07) is 0.735. The van der Waals surface area contributed by atoms with Crippen molar-refractivity contribution < 1.29 is 0 Å². The van der Waals surface area contributed by atoms with Crippen molar-refractivity contribution in [2.24, 2.45) is 5.92 Å². The van der Waals surface area contributed by atoms with E-state index in [1.807, 2.05) is 0 Å². The molecule has 0 aromatic carbocycles. The molecule has 0 saturated heterocycles. The second-order valence-electron chi connectivity index (χ2n) is 4.70. The van der Waals surface area contributed by atoms with E-state index in [-0.39, 0.29) is 0 Å². The van der Waals surface area contributed by atoms with Crippen LogP contribution in [-0.4, -0.2) is 20.8 Å². The highest BCUT2D eigenvalue weighted by Crippen LogP contribution is 2.19. The van der Waals surface area contributed by atoms with Crippen LogP contribution in [-0.2, 0) is 13.1 Å². The Kier molecular flexibility index (Phi) is 3.93. The molecular formula is C12H22N4. The average Bonchev–Trinajstić information content (AvgIpc) is 3.03. The van der Waals surface area contributed by atoms with Crippen LogP contribution in [0.4, 0.5) is 0 Å². The largest absolute Gasteiger partial charge is 0.307 e. The van der Waals surface area contributed by atoms with Crippen LogP contribution in [0.3, 0.4) is 0 Å². The summed E-state index contributed by atoms with van der Waals surface area (Å²) in [5.41, 5.74) is 0. The summed E-state index contributed by atoms with van der Waals surface area (Å²) in [5, 5.41) is 7.80. The van der Waals surface area contributed by atoms with Gasteiger partial charge < -0.3 is 5.32 Å². The van der Waals surface area contributed by atoms with Crippen LogP contribution in [0.25, 0.3) is 0 Å². The van der Waals surface area contributed by atoms with Gasteiger partial charge in [0.1, 0.15) is 12.2 Å². The van der Waals surface area contributed by atoms with Crippen LogP contribution in [0, 0.1) is 5.92 Å². The quantitative estimate of drug-likeness (QED) is 0.767. The highest BCUT2D eigenvalue weighted by atomic mass is 15.3. The fourth-order valence-corrected chi connectivity index (χ4v) is 1.89. The van der Waals surface area contributed by atoms with Crippen LogP contribution < -0.4 is 5.32 Å². The van der Waals surface area contributed by atoms with E-state index >= 15 is 0 Å². The zero-order valence-corrected chi connectivity index (χ0v) is 10.3. The Balaban J connectivity index is 1.89. The number of nitrogens with one attached hydrogen (secondary N) is 1. The number of hydrogen-bond acceptors (Lipinski definition) is 3. The van der Waals surface area contributed by atoms with Crippen LogP contribution in [0.15, 0.2) is 6.33 Å². The highest BCUT2D eigenvalue weighted by Gasteiger charge is 2.21. The summed E-state index contributed by atoms with van der Waals surface area (Å²) >= 11 is 0. The normalized spacial score (nSPS) is 15.9. The molecule has 1 fully saturated rings.